The molecule has 1 aromatic heterocycles. The zero-order chi connectivity index (χ0) is 22.1. The molecule has 1 aromatic rings. The summed E-state index contributed by atoms with van der Waals surface area (Å²) >= 11 is 0. The summed E-state index contributed by atoms with van der Waals surface area (Å²) in [5.41, 5.74) is 2.70. The van der Waals surface area contributed by atoms with Crippen LogP contribution in [0.3, 0.4) is 0 Å². The minimum Gasteiger partial charge on any atom is -0.458 e. The quantitative estimate of drug-likeness (QED) is 0.695. The van der Waals surface area contributed by atoms with E-state index in [0.717, 1.165) is 22.4 Å². The molecule has 4 aliphatic rings. The number of rotatable bonds is 3. The smallest absolute Gasteiger partial charge is 0.343 e. The molecule has 0 fully saturated rings. The lowest BCUT2D eigenvalue weighted by Crippen LogP contribution is -2.44. The van der Waals surface area contributed by atoms with E-state index >= 15 is 0 Å². The highest BCUT2D eigenvalue weighted by Crippen LogP contribution is 2.42. The zero-order valence-electron chi connectivity index (χ0n) is 17.8. The molecule has 0 amide bonds. The maximum atomic E-state index is 13.2. The van der Waals surface area contributed by atoms with Gasteiger partial charge < -0.3 is 24.4 Å². The van der Waals surface area contributed by atoms with Gasteiger partial charge in [-0.1, -0.05) is 6.92 Å². The predicted octanol–water partition coefficient (Wildman–Crippen LogP) is 0.727. The zero-order valence-corrected chi connectivity index (χ0v) is 17.8. The fourth-order valence-electron chi connectivity index (χ4n) is 4.88. The van der Waals surface area contributed by atoms with Gasteiger partial charge in [0.2, 0.25) is 0 Å². The highest BCUT2D eigenvalue weighted by molar-refractivity contribution is 6.13. The van der Waals surface area contributed by atoms with Gasteiger partial charge in [-0.2, -0.15) is 0 Å². The Morgan fingerprint density at radius 2 is 2.13 bits per heavy atom. The van der Waals surface area contributed by atoms with Crippen molar-refractivity contribution in [1.82, 2.24) is 9.47 Å². The van der Waals surface area contributed by atoms with E-state index in [2.05, 4.69) is 0 Å². The van der Waals surface area contributed by atoms with Crippen molar-refractivity contribution in [3.8, 4) is 0 Å². The lowest BCUT2D eigenvalue weighted by atomic mass is 9.85. The predicted molar refractivity (Wildman–Crippen MR) is 114 cm³/mol. The number of hydrogen-bond acceptors (Lipinski definition) is 7. The van der Waals surface area contributed by atoms with Gasteiger partial charge in [0, 0.05) is 24.2 Å². The number of pyridine rings is 1. The molecule has 8 heteroatoms. The van der Waals surface area contributed by atoms with Gasteiger partial charge in [-0.3, -0.25) is 9.79 Å². The number of aliphatic imine (C=N–C) groups is 1. The molecule has 3 aliphatic heterocycles. The van der Waals surface area contributed by atoms with Crippen LogP contribution in [-0.2, 0) is 28.3 Å². The molecule has 0 spiro atoms. The first-order valence-electron chi connectivity index (χ1n) is 10.4. The lowest BCUT2D eigenvalue weighted by molar-refractivity contribution is -0.172. The Balaban J connectivity index is 1.67. The second-order valence-corrected chi connectivity index (χ2v) is 8.76. The molecule has 162 valence electrons. The second kappa shape index (κ2) is 6.85. The van der Waals surface area contributed by atoms with Gasteiger partial charge in [0.25, 0.3) is 5.56 Å². The maximum absolute atomic E-state index is 13.2. The monoisotopic (exact) mass is 423 g/mol. The van der Waals surface area contributed by atoms with Crippen LogP contribution in [-0.4, -0.2) is 58.1 Å². The highest BCUT2D eigenvalue weighted by atomic mass is 16.6. The molecule has 2 N–H and O–H groups in total. The SMILES string of the molecule is CCC1(O)C(=O)OCc2c1cc1n(c2=O)CC2=CC3=C(CN(C)C)C(O)C=CC3=NC21. The number of fused-ring (bicyclic) bond motifs is 5. The van der Waals surface area contributed by atoms with E-state index in [9.17, 15) is 19.8 Å². The second-order valence-electron chi connectivity index (χ2n) is 8.76. The van der Waals surface area contributed by atoms with Crippen LogP contribution in [0.5, 0.6) is 0 Å². The molecular formula is C23H25N3O5. The van der Waals surface area contributed by atoms with E-state index in [0.29, 0.717) is 29.9 Å². The molecule has 3 unspecified atom stereocenters. The molecule has 0 aromatic carbocycles. The van der Waals surface area contributed by atoms with E-state index < -0.39 is 17.7 Å². The first kappa shape index (κ1) is 20.1. The Kier molecular flexibility index (Phi) is 4.44. The third-order valence-corrected chi connectivity index (χ3v) is 6.55. The van der Waals surface area contributed by atoms with Crippen LogP contribution in [0.1, 0.15) is 36.2 Å². The molecular weight excluding hydrogens is 398 g/mol. The topological polar surface area (TPSA) is 104 Å². The summed E-state index contributed by atoms with van der Waals surface area (Å²) in [4.78, 5) is 32.4. The lowest BCUT2D eigenvalue weighted by Gasteiger charge is -2.32. The van der Waals surface area contributed by atoms with E-state index in [4.69, 9.17) is 9.73 Å². The van der Waals surface area contributed by atoms with Crippen molar-refractivity contribution in [3.63, 3.8) is 0 Å². The number of cyclic esters (lactones) is 1. The first-order valence-corrected chi connectivity index (χ1v) is 10.4. The van der Waals surface area contributed by atoms with Crippen LogP contribution in [0.4, 0.5) is 0 Å². The summed E-state index contributed by atoms with van der Waals surface area (Å²) in [5.74, 6) is -0.724. The average Bonchev–Trinajstić information content (AvgIpc) is 3.10. The van der Waals surface area contributed by atoms with Crippen LogP contribution in [0.2, 0.25) is 0 Å². The van der Waals surface area contributed by atoms with Crippen molar-refractivity contribution in [3.05, 3.63) is 68.2 Å². The number of aliphatic hydroxyl groups excluding tert-OH is 1. The Morgan fingerprint density at radius 3 is 2.84 bits per heavy atom. The highest BCUT2D eigenvalue weighted by Gasteiger charge is 2.46. The van der Waals surface area contributed by atoms with Crippen molar-refractivity contribution in [2.24, 2.45) is 4.99 Å². The van der Waals surface area contributed by atoms with Gasteiger partial charge in [0.15, 0.2) is 5.60 Å². The van der Waals surface area contributed by atoms with E-state index in [1.807, 2.05) is 31.1 Å². The molecule has 3 atom stereocenters. The normalized spacial score (nSPS) is 28.5. The van der Waals surface area contributed by atoms with Crippen molar-refractivity contribution in [1.29, 1.82) is 0 Å². The van der Waals surface area contributed by atoms with Crippen LogP contribution < -0.4 is 5.56 Å². The van der Waals surface area contributed by atoms with Gasteiger partial charge in [-0.15, -0.1) is 0 Å². The summed E-state index contributed by atoms with van der Waals surface area (Å²) in [6.07, 6.45) is 5.00. The van der Waals surface area contributed by atoms with E-state index in [1.54, 1.807) is 23.6 Å². The fourth-order valence-corrected chi connectivity index (χ4v) is 4.88. The summed E-state index contributed by atoms with van der Waals surface area (Å²) in [6, 6.07) is 1.38. The number of nitrogens with zero attached hydrogens (tertiary/aromatic N) is 3. The van der Waals surface area contributed by atoms with Crippen molar-refractivity contribution < 1.29 is 19.7 Å². The Morgan fingerprint density at radius 1 is 1.35 bits per heavy atom. The van der Waals surface area contributed by atoms with Crippen molar-refractivity contribution in [2.45, 2.75) is 44.2 Å². The molecule has 0 radical (unpaired) electrons. The number of likely N-dealkylation sites (N-methyl/N-ethyl adjacent to an activating group) is 1. The van der Waals surface area contributed by atoms with Crippen LogP contribution in [0, 0.1) is 0 Å². The first-order chi connectivity index (χ1) is 14.7. The Labute approximate surface area is 179 Å². The van der Waals surface area contributed by atoms with Crippen LogP contribution >= 0.6 is 0 Å². The van der Waals surface area contributed by atoms with E-state index in [-0.39, 0.29) is 24.6 Å². The molecule has 0 bridgehead atoms. The Bertz CT molecular complexity index is 1190. The number of aromatic nitrogens is 1. The number of ether oxygens (including phenoxy) is 1. The largest absolute Gasteiger partial charge is 0.458 e. The van der Waals surface area contributed by atoms with Crippen molar-refractivity contribution >= 4 is 11.7 Å². The molecule has 31 heavy (non-hydrogen) atoms. The summed E-state index contributed by atoms with van der Waals surface area (Å²) in [5, 5.41) is 21.4. The van der Waals surface area contributed by atoms with Crippen LogP contribution in [0.25, 0.3) is 0 Å². The van der Waals surface area contributed by atoms with Gasteiger partial charge >= 0.3 is 5.97 Å². The number of dihydropyridines is 1. The molecule has 8 nitrogen and oxygen atoms in total. The van der Waals surface area contributed by atoms with Crippen LogP contribution in [0.15, 0.2) is 50.8 Å². The number of hydrogen-bond donors (Lipinski definition) is 2. The minimum atomic E-state index is -1.82. The standard InChI is InChI=1S/C23H25N3O5/c1-4-23(30)16-8-18-20-12(9-26(18)21(28)15(16)11-31-22(23)29)7-13-14(10-25(2)3)19(27)6-5-17(13)24-20/h5-8,19-20,27,30H,4,9-11H2,1-3H3. The molecule has 0 saturated carbocycles. The fraction of sp³-hybridized carbons (Fsp3) is 0.435. The third kappa shape index (κ3) is 2.82. The van der Waals surface area contributed by atoms with Gasteiger partial charge in [0.05, 0.1) is 23.1 Å². The number of aliphatic hydroxyl groups is 2. The van der Waals surface area contributed by atoms with Gasteiger partial charge in [0.1, 0.15) is 12.6 Å². The number of carbonyl (C=O) groups excluding carboxylic acids is 1. The molecule has 0 saturated heterocycles. The summed E-state index contributed by atoms with van der Waals surface area (Å²) < 4.78 is 6.77. The molecule has 1 aliphatic carbocycles. The number of carbonyl (C=O) groups is 1. The maximum Gasteiger partial charge on any atom is 0.343 e. The third-order valence-electron chi connectivity index (χ3n) is 6.55. The van der Waals surface area contributed by atoms with Gasteiger partial charge in [-0.25, -0.2) is 4.79 Å². The Hall–Kier alpha value is -2.81. The molecule has 4 heterocycles. The summed E-state index contributed by atoms with van der Waals surface area (Å²) in [7, 11) is 3.89. The minimum absolute atomic E-state index is 0.116. The average molecular weight is 423 g/mol. The van der Waals surface area contributed by atoms with E-state index in [1.165, 1.54) is 0 Å². The summed E-state index contributed by atoms with van der Waals surface area (Å²) in [6.45, 7) is 2.52. The number of esters is 1. The molecule has 5 rings (SSSR count). The number of allylic oxidation sites excluding steroid dienone is 3. The van der Waals surface area contributed by atoms with Crippen molar-refractivity contribution in [2.75, 3.05) is 20.6 Å². The van der Waals surface area contributed by atoms with Gasteiger partial charge in [-0.05, 0) is 56.0 Å².